The van der Waals surface area contributed by atoms with Gasteiger partial charge in [0, 0.05) is 5.56 Å². The van der Waals surface area contributed by atoms with Gasteiger partial charge in [0.05, 0.1) is 18.6 Å². The van der Waals surface area contributed by atoms with Gasteiger partial charge in [0.1, 0.15) is 0 Å². The summed E-state index contributed by atoms with van der Waals surface area (Å²) in [5.41, 5.74) is 9.67. The van der Waals surface area contributed by atoms with E-state index in [-0.39, 0.29) is 6.04 Å². The highest BCUT2D eigenvalue weighted by Crippen LogP contribution is 2.23. The standard InChI is InChI=1S/C15H19NO/c1-3-11(2)12-4-6-13(7-5-12)15(16)14-8-9-17-10-14/h4-11,15H,3,16H2,1-2H3. The summed E-state index contributed by atoms with van der Waals surface area (Å²) in [5.74, 6) is 0.606. The average molecular weight is 229 g/mol. The quantitative estimate of drug-likeness (QED) is 0.865. The van der Waals surface area contributed by atoms with Gasteiger partial charge in [-0.15, -0.1) is 0 Å². The number of hydrogen-bond donors (Lipinski definition) is 1. The molecule has 0 saturated carbocycles. The van der Waals surface area contributed by atoms with Crippen molar-refractivity contribution in [3.05, 3.63) is 59.5 Å². The molecule has 17 heavy (non-hydrogen) atoms. The van der Waals surface area contributed by atoms with E-state index < -0.39 is 0 Å². The smallest absolute Gasteiger partial charge is 0.0953 e. The Morgan fingerprint density at radius 3 is 2.24 bits per heavy atom. The molecule has 90 valence electrons. The maximum Gasteiger partial charge on any atom is 0.0953 e. The third-order valence-electron chi connectivity index (χ3n) is 3.38. The van der Waals surface area contributed by atoms with Crippen LogP contribution in [0.4, 0.5) is 0 Å². The van der Waals surface area contributed by atoms with Gasteiger partial charge in [-0.2, -0.15) is 0 Å². The van der Waals surface area contributed by atoms with Crippen LogP contribution in [0.15, 0.2) is 47.3 Å². The van der Waals surface area contributed by atoms with Crippen LogP contribution >= 0.6 is 0 Å². The molecule has 0 bridgehead atoms. The summed E-state index contributed by atoms with van der Waals surface area (Å²) < 4.78 is 5.06. The molecule has 1 heterocycles. The van der Waals surface area contributed by atoms with Crippen LogP contribution < -0.4 is 5.73 Å². The maximum atomic E-state index is 6.16. The molecule has 1 aromatic heterocycles. The molecule has 2 N–H and O–H groups in total. The van der Waals surface area contributed by atoms with Crippen molar-refractivity contribution >= 4 is 0 Å². The molecule has 1 aromatic carbocycles. The van der Waals surface area contributed by atoms with Gasteiger partial charge in [0.15, 0.2) is 0 Å². The van der Waals surface area contributed by atoms with Crippen LogP contribution in [-0.4, -0.2) is 0 Å². The lowest BCUT2D eigenvalue weighted by Gasteiger charge is -2.13. The molecule has 2 heteroatoms. The minimum atomic E-state index is -0.0975. The fourth-order valence-corrected chi connectivity index (χ4v) is 1.91. The molecule has 2 atom stereocenters. The Morgan fingerprint density at radius 1 is 1.06 bits per heavy atom. The van der Waals surface area contributed by atoms with Crippen LogP contribution in [0, 0.1) is 0 Å². The Kier molecular flexibility index (Phi) is 3.64. The minimum Gasteiger partial charge on any atom is -0.472 e. The first-order valence-electron chi connectivity index (χ1n) is 6.10. The van der Waals surface area contributed by atoms with E-state index in [9.17, 15) is 0 Å². The Hall–Kier alpha value is -1.54. The molecule has 0 fully saturated rings. The van der Waals surface area contributed by atoms with Crippen LogP contribution in [0.2, 0.25) is 0 Å². The van der Waals surface area contributed by atoms with E-state index >= 15 is 0 Å². The van der Waals surface area contributed by atoms with E-state index in [0.717, 1.165) is 17.5 Å². The Morgan fingerprint density at radius 2 is 1.71 bits per heavy atom. The lowest BCUT2D eigenvalue weighted by molar-refractivity contribution is 0.562. The van der Waals surface area contributed by atoms with Gasteiger partial charge in [-0.25, -0.2) is 0 Å². The number of furan rings is 1. The molecule has 2 rings (SSSR count). The summed E-state index contributed by atoms with van der Waals surface area (Å²) in [4.78, 5) is 0. The monoisotopic (exact) mass is 229 g/mol. The molecule has 0 spiro atoms. The highest BCUT2D eigenvalue weighted by Gasteiger charge is 2.10. The lowest BCUT2D eigenvalue weighted by Crippen LogP contribution is -2.10. The van der Waals surface area contributed by atoms with Crippen LogP contribution in [0.1, 0.15) is 48.9 Å². The first-order valence-corrected chi connectivity index (χ1v) is 6.10. The van der Waals surface area contributed by atoms with Crippen LogP contribution in [0.3, 0.4) is 0 Å². The van der Waals surface area contributed by atoms with Crippen LogP contribution in [-0.2, 0) is 0 Å². The largest absolute Gasteiger partial charge is 0.472 e. The fourth-order valence-electron chi connectivity index (χ4n) is 1.91. The molecule has 2 aromatic rings. The molecular weight excluding hydrogens is 210 g/mol. The number of nitrogens with two attached hydrogens (primary N) is 1. The Balaban J connectivity index is 2.18. The number of rotatable bonds is 4. The second-order valence-electron chi connectivity index (χ2n) is 4.51. The highest BCUT2D eigenvalue weighted by molar-refractivity contribution is 5.32. The van der Waals surface area contributed by atoms with Crippen LogP contribution in [0.25, 0.3) is 0 Å². The molecule has 2 nitrogen and oxygen atoms in total. The number of hydrogen-bond acceptors (Lipinski definition) is 2. The van der Waals surface area contributed by atoms with Gasteiger partial charge >= 0.3 is 0 Å². The van der Waals surface area contributed by atoms with Crippen molar-refractivity contribution in [3.8, 4) is 0 Å². The molecular formula is C15H19NO. The van der Waals surface area contributed by atoms with Crippen molar-refractivity contribution < 1.29 is 4.42 Å². The predicted octanol–water partition coefficient (Wildman–Crippen LogP) is 3.84. The Bertz CT molecular complexity index is 444. The zero-order valence-corrected chi connectivity index (χ0v) is 10.4. The number of benzene rings is 1. The second-order valence-corrected chi connectivity index (χ2v) is 4.51. The molecule has 0 radical (unpaired) electrons. The third-order valence-corrected chi connectivity index (χ3v) is 3.38. The van der Waals surface area contributed by atoms with Gasteiger partial charge in [-0.05, 0) is 29.5 Å². The fraction of sp³-hybridized carbons (Fsp3) is 0.333. The van der Waals surface area contributed by atoms with E-state index in [1.54, 1.807) is 12.5 Å². The summed E-state index contributed by atoms with van der Waals surface area (Å²) in [5, 5.41) is 0. The van der Waals surface area contributed by atoms with E-state index in [1.807, 2.05) is 6.07 Å². The lowest BCUT2D eigenvalue weighted by atomic mass is 9.95. The summed E-state index contributed by atoms with van der Waals surface area (Å²) in [7, 11) is 0. The van der Waals surface area contributed by atoms with Crippen molar-refractivity contribution in [1.82, 2.24) is 0 Å². The summed E-state index contributed by atoms with van der Waals surface area (Å²) in [6.07, 6.45) is 4.52. The van der Waals surface area contributed by atoms with Gasteiger partial charge in [-0.1, -0.05) is 38.1 Å². The SMILES string of the molecule is CCC(C)c1ccc(C(N)c2ccoc2)cc1. The van der Waals surface area contributed by atoms with Crippen molar-refractivity contribution in [1.29, 1.82) is 0 Å². The Labute approximate surface area is 102 Å². The molecule has 0 saturated heterocycles. The maximum absolute atomic E-state index is 6.16. The van der Waals surface area contributed by atoms with Crippen LogP contribution in [0.5, 0.6) is 0 Å². The van der Waals surface area contributed by atoms with Crippen molar-refractivity contribution in [2.45, 2.75) is 32.2 Å². The van der Waals surface area contributed by atoms with Gasteiger partial charge < -0.3 is 10.2 Å². The van der Waals surface area contributed by atoms with Gasteiger partial charge in [0.25, 0.3) is 0 Å². The van der Waals surface area contributed by atoms with E-state index in [1.165, 1.54) is 5.56 Å². The molecule has 0 aliphatic carbocycles. The van der Waals surface area contributed by atoms with Crippen molar-refractivity contribution in [2.75, 3.05) is 0 Å². The zero-order chi connectivity index (χ0) is 12.3. The first kappa shape index (κ1) is 11.9. The topological polar surface area (TPSA) is 39.2 Å². The third kappa shape index (κ3) is 2.59. The molecule has 0 aliphatic rings. The van der Waals surface area contributed by atoms with E-state index in [2.05, 4.69) is 38.1 Å². The van der Waals surface area contributed by atoms with Crippen molar-refractivity contribution in [2.24, 2.45) is 5.73 Å². The molecule has 2 unspecified atom stereocenters. The first-order chi connectivity index (χ1) is 8.22. The predicted molar refractivity (Wildman–Crippen MR) is 69.9 cm³/mol. The summed E-state index contributed by atoms with van der Waals surface area (Å²) >= 11 is 0. The molecule has 0 amide bonds. The normalized spacial score (nSPS) is 14.5. The highest BCUT2D eigenvalue weighted by atomic mass is 16.3. The summed E-state index contributed by atoms with van der Waals surface area (Å²) in [6.45, 7) is 4.45. The average Bonchev–Trinajstić information content (AvgIpc) is 2.91. The second kappa shape index (κ2) is 5.19. The summed E-state index contributed by atoms with van der Waals surface area (Å²) in [6, 6.07) is 10.4. The molecule has 0 aliphatic heterocycles. The van der Waals surface area contributed by atoms with Gasteiger partial charge in [0.2, 0.25) is 0 Å². The van der Waals surface area contributed by atoms with Crippen molar-refractivity contribution in [3.63, 3.8) is 0 Å². The minimum absolute atomic E-state index is 0.0975. The van der Waals surface area contributed by atoms with E-state index in [4.69, 9.17) is 10.2 Å². The van der Waals surface area contributed by atoms with E-state index in [0.29, 0.717) is 5.92 Å². The van der Waals surface area contributed by atoms with Gasteiger partial charge in [-0.3, -0.25) is 0 Å². The zero-order valence-electron chi connectivity index (χ0n) is 10.4.